The first-order valence-electron chi connectivity index (χ1n) is 16.5. The Morgan fingerprint density at radius 3 is 2.02 bits per heavy atom. The molecule has 2 aliphatic rings. The molecular formula is C38H47N3O6Si. The molecule has 48 heavy (non-hydrogen) atoms. The Labute approximate surface area is 284 Å². The molecular weight excluding hydrogens is 623 g/mol. The third-order valence-electron chi connectivity index (χ3n) is 8.68. The van der Waals surface area contributed by atoms with Gasteiger partial charge in [0.1, 0.15) is 11.7 Å². The quantitative estimate of drug-likeness (QED) is 0.236. The fraction of sp³-hybridized carbons (Fsp3) is 0.395. The molecule has 0 saturated carbocycles. The minimum Gasteiger partial charge on any atom is -0.457 e. The Bertz CT molecular complexity index is 1610. The van der Waals surface area contributed by atoms with Gasteiger partial charge >= 0.3 is 12.1 Å². The number of amides is 2. The van der Waals surface area contributed by atoms with E-state index < -0.39 is 32.2 Å². The lowest BCUT2D eigenvalue weighted by Gasteiger charge is -2.43. The highest BCUT2D eigenvalue weighted by atomic mass is 28.4. The summed E-state index contributed by atoms with van der Waals surface area (Å²) in [7, 11) is -2.86. The molecule has 2 aliphatic heterocycles. The third-order valence-corrected chi connectivity index (χ3v) is 13.7. The van der Waals surface area contributed by atoms with E-state index in [4.69, 9.17) is 13.9 Å². The molecule has 254 valence electrons. The van der Waals surface area contributed by atoms with Gasteiger partial charge in [0.25, 0.3) is 8.32 Å². The smallest absolute Gasteiger partial charge is 0.414 e. The molecule has 3 aromatic carbocycles. The third kappa shape index (κ3) is 7.56. The fourth-order valence-electron chi connectivity index (χ4n) is 6.54. The number of ether oxygens (including phenoxy) is 2. The first kappa shape index (κ1) is 35.1. The van der Waals surface area contributed by atoms with Crippen molar-refractivity contribution >= 4 is 47.9 Å². The van der Waals surface area contributed by atoms with Gasteiger partial charge in [-0.3, -0.25) is 9.69 Å². The summed E-state index contributed by atoms with van der Waals surface area (Å²) in [5.41, 5.74) is 2.22. The van der Waals surface area contributed by atoms with Gasteiger partial charge in [0, 0.05) is 19.2 Å². The minimum atomic E-state index is -2.86. The number of nitrogens with one attached hydrogen (secondary N) is 2. The number of carbonyl (C=O) groups is 3. The van der Waals surface area contributed by atoms with Crippen LogP contribution in [0, 0.1) is 0 Å². The lowest BCUT2D eigenvalue weighted by atomic mass is 9.98. The van der Waals surface area contributed by atoms with E-state index in [2.05, 4.69) is 79.9 Å². The maximum Gasteiger partial charge on any atom is 0.414 e. The first-order valence-corrected chi connectivity index (χ1v) is 18.4. The van der Waals surface area contributed by atoms with Crippen molar-refractivity contribution in [2.45, 2.75) is 71.3 Å². The molecule has 0 spiro atoms. The zero-order valence-electron chi connectivity index (χ0n) is 29.0. The van der Waals surface area contributed by atoms with Crippen molar-refractivity contribution in [2.24, 2.45) is 0 Å². The maximum absolute atomic E-state index is 13.9. The van der Waals surface area contributed by atoms with E-state index in [-0.39, 0.29) is 30.1 Å². The summed E-state index contributed by atoms with van der Waals surface area (Å²) in [6.45, 7) is 15.0. The molecule has 0 unspecified atom stereocenters. The molecule has 5 rings (SSSR count). The highest BCUT2D eigenvalue weighted by molar-refractivity contribution is 6.99. The molecule has 3 aromatic rings. The topological polar surface area (TPSA) is 106 Å². The van der Waals surface area contributed by atoms with Crippen LogP contribution < -0.4 is 25.9 Å². The zero-order valence-corrected chi connectivity index (χ0v) is 30.0. The number of benzene rings is 3. The van der Waals surface area contributed by atoms with Crippen LogP contribution in [0.4, 0.5) is 10.5 Å². The van der Waals surface area contributed by atoms with Crippen LogP contribution in [0.3, 0.4) is 0 Å². The molecule has 2 atom stereocenters. The predicted molar refractivity (Wildman–Crippen MR) is 191 cm³/mol. The van der Waals surface area contributed by atoms with E-state index in [9.17, 15) is 14.4 Å². The van der Waals surface area contributed by atoms with Crippen molar-refractivity contribution in [2.75, 3.05) is 31.1 Å². The minimum absolute atomic E-state index is 0.177. The molecule has 0 aromatic heterocycles. The Hall–Kier alpha value is -4.25. The van der Waals surface area contributed by atoms with Crippen LogP contribution in [0.2, 0.25) is 5.04 Å². The summed E-state index contributed by atoms with van der Waals surface area (Å²) < 4.78 is 18.6. The van der Waals surface area contributed by atoms with Gasteiger partial charge in [-0.1, -0.05) is 93.6 Å². The SMILES string of the molecule is CC(=O)NC[C@H]1CN(c2ccc(C3=C(C(=O)OC(C)(C)C)[C@@H](CO[Si](c4ccccc4)(c4ccccc4)C(C)(C)C)NC3)cc2)C(=O)O1. The molecule has 1 fully saturated rings. The van der Waals surface area contributed by atoms with E-state index in [1.54, 1.807) is 4.90 Å². The largest absolute Gasteiger partial charge is 0.457 e. The van der Waals surface area contributed by atoms with Crippen molar-refractivity contribution in [3.05, 3.63) is 96.1 Å². The average molecular weight is 670 g/mol. The van der Waals surface area contributed by atoms with Gasteiger partial charge in [-0.25, -0.2) is 9.59 Å². The monoisotopic (exact) mass is 669 g/mol. The maximum atomic E-state index is 13.9. The van der Waals surface area contributed by atoms with Gasteiger partial charge in [-0.2, -0.15) is 0 Å². The number of hydrogen-bond acceptors (Lipinski definition) is 7. The highest BCUT2D eigenvalue weighted by Crippen LogP contribution is 2.38. The average Bonchev–Trinajstić information content (AvgIpc) is 3.63. The van der Waals surface area contributed by atoms with Crippen LogP contribution in [-0.4, -0.2) is 70.3 Å². The number of hydrogen-bond donors (Lipinski definition) is 2. The fourth-order valence-corrected chi connectivity index (χ4v) is 11.1. The van der Waals surface area contributed by atoms with Gasteiger partial charge in [-0.15, -0.1) is 0 Å². The number of carbonyl (C=O) groups excluding carboxylic acids is 3. The molecule has 0 bridgehead atoms. The molecule has 2 N–H and O–H groups in total. The zero-order chi connectivity index (χ0) is 34.7. The summed E-state index contributed by atoms with van der Waals surface area (Å²) in [5, 5.41) is 8.37. The molecule has 0 aliphatic carbocycles. The normalized spacial score (nSPS) is 18.6. The van der Waals surface area contributed by atoms with E-state index >= 15 is 0 Å². The number of rotatable bonds is 10. The van der Waals surface area contributed by atoms with Crippen LogP contribution in [-0.2, 0) is 23.5 Å². The van der Waals surface area contributed by atoms with Crippen LogP contribution in [0.1, 0.15) is 54.0 Å². The van der Waals surface area contributed by atoms with Crippen LogP contribution >= 0.6 is 0 Å². The second-order valence-electron chi connectivity index (χ2n) is 14.4. The van der Waals surface area contributed by atoms with E-state index in [0.29, 0.717) is 24.4 Å². The Morgan fingerprint density at radius 1 is 0.917 bits per heavy atom. The number of esters is 1. The second kappa shape index (κ2) is 14.1. The van der Waals surface area contributed by atoms with Crippen molar-refractivity contribution in [3.8, 4) is 0 Å². The number of nitrogens with zero attached hydrogens (tertiary/aromatic N) is 1. The van der Waals surface area contributed by atoms with Crippen molar-refractivity contribution in [3.63, 3.8) is 0 Å². The Morgan fingerprint density at radius 2 is 1.50 bits per heavy atom. The lowest BCUT2D eigenvalue weighted by molar-refractivity contribution is -0.150. The van der Waals surface area contributed by atoms with Crippen molar-refractivity contribution < 1.29 is 28.3 Å². The van der Waals surface area contributed by atoms with Gasteiger partial charge in [-0.05, 0) is 59.5 Å². The second-order valence-corrected chi connectivity index (χ2v) is 18.7. The van der Waals surface area contributed by atoms with Gasteiger partial charge < -0.3 is 24.5 Å². The van der Waals surface area contributed by atoms with Crippen molar-refractivity contribution in [1.82, 2.24) is 10.6 Å². The standard InChI is InChI=1S/C38H47N3O6Si/c1-26(42)39-22-29-24-41(36(44)46-29)28-20-18-27(19-21-28)32-23-40-33(34(32)35(43)47-37(2,3)4)25-45-48(38(5,6)7,30-14-10-8-11-15-30)31-16-12-9-13-17-31/h8-21,29,33,40H,22-25H2,1-7H3,(H,39,42)/t29-,33+/m0/s1. The molecule has 9 nitrogen and oxygen atoms in total. The summed E-state index contributed by atoms with van der Waals surface area (Å²) in [5.74, 6) is -0.560. The summed E-state index contributed by atoms with van der Waals surface area (Å²) >= 11 is 0. The van der Waals surface area contributed by atoms with Crippen molar-refractivity contribution in [1.29, 1.82) is 0 Å². The predicted octanol–water partition coefficient (Wildman–Crippen LogP) is 4.79. The summed E-state index contributed by atoms with van der Waals surface area (Å²) in [4.78, 5) is 39.4. The first-order chi connectivity index (χ1) is 22.7. The van der Waals surface area contributed by atoms with Crippen LogP contribution in [0.5, 0.6) is 0 Å². The number of anilines is 1. The Balaban J connectivity index is 1.47. The highest BCUT2D eigenvalue weighted by Gasteiger charge is 2.51. The molecule has 10 heteroatoms. The van der Waals surface area contributed by atoms with E-state index in [1.165, 1.54) is 17.3 Å². The van der Waals surface area contributed by atoms with E-state index in [0.717, 1.165) is 11.1 Å². The Kier molecular flexibility index (Phi) is 10.3. The summed E-state index contributed by atoms with van der Waals surface area (Å²) in [6, 6.07) is 28.0. The van der Waals surface area contributed by atoms with Crippen LogP contribution in [0.25, 0.3) is 5.57 Å². The molecule has 0 radical (unpaired) electrons. The van der Waals surface area contributed by atoms with E-state index in [1.807, 2.05) is 57.2 Å². The number of cyclic esters (lactones) is 1. The van der Waals surface area contributed by atoms with Gasteiger partial charge in [0.05, 0.1) is 31.3 Å². The van der Waals surface area contributed by atoms with Crippen LogP contribution in [0.15, 0.2) is 90.5 Å². The molecule has 1 saturated heterocycles. The molecule has 2 heterocycles. The lowest BCUT2D eigenvalue weighted by Crippen LogP contribution is -2.67. The van der Waals surface area contributed by atoms with Gasteiger partial charge in [0.15, 0.2) is 0 Å². The summed E-state index contributed by atoms with van der Waals surface area (Å²) in [6.07, 6.45) is -0.896. The van der Waals surface area contributed by atoms with Gasteiger partial charge in [0.2, 0.25) is 5.91 Å². The molecule has 2 amide bonds.